The molecule has 2 rings (SSSR count). The molecular formula is C19H35NO3. The normalized spacial score (nSPS) is 26.1. The second-order valence-electron chi connectivity index (χ2n) is 7.17. The van der Waals surface area contributed by atoms with Crippen LogP contribution >= 0.6 is 0 Å². The minimum absolute atomic E-state index is 0.0461. The van der Waals surface area contributed by atoms with Crippen LogP contribution in [0, 0.1) is 0 Å². The first-order valence-corrected chi connectivity index (χ1v) is 9.90. The standard InChI is InChI=1S/C19H35NO3/c1-2-3-4-5-6-7-8-9-10-11-12-13-14-17-18-16(15-22-17)20-19(21)23-18/h16-18H,2-15H2,1H3,(H,20,21)/t16-,17+,18-/m0/s1. The van der Waals surface area contributed by atoms with E-state index < -0.39 is 0 Å². The predicted octanol–water partition coefficient (Wildman–Crippen LogP) is 4.95. The molecule has 0 bridgehead atoms. The first-order valence-electron chi connectivity index (χ1n) is 9.90. The van der Waals surface area contributed by atoms with Gasteiger partial charge in [0.25, 0.3) is 0 Å². The zero-order valence-corrected chi connectivity index (χ0v) is 14.9. The third-order valence-electron chi connectivity index (χ3n) is 5.14. The van der Waals surface area contributed by atoms with Gasteiger partial charge in [-0.1, -0.05) is 84.0 Å². The number of ether oxygens (including phenoxy) is 2. The van der Waals surface area contributed by atoms with Gasteiger partial charge in [-0.05, 0) is 6.42 Å². The van der Waals surface area contributed by atoms with Gasteiger partial charge in [0.15, 0.2) is 6.10 Å². The van der Waals surface area contributed by atoms with Crippen LogP contribution in [0.5, 0.6) is 0 Å². The molecule has 2 saturated heterocycles. The van der Waals surface area contributed by atoms with Crippen molar-refractivity contribution in [2.45, 2.75) is 109 Å². The first kappa shape index (κ1) is 18.6. The zero-order chi connectivity index (χ0) is 16.3. The lowest BCUT2D eigenvalue weighted by Gasteiger charge is -2.15. The van der Waals surface area contributed by atoms with Crippen LogP contribution in [0.25, 0.3) is 0 Å². The van der Waals surface area contributed by atoms with Crippen LogP contribution < -0.4 is 5.32 Å². The molecule has 4 heteroatoms. The third kappa shape index (κ3) is 6.70. The highest BCUT2D eigenvalue weighted by atomic mass is 16.6. The maximum Gasteiger partial charge on any atom is 0.408 e. The number of rotatable bonds is 13. The number of amides is 1. The van der Waals surface area contributed by atoms with E-state index in [1.807, 2.05) is 0 Å². The van der Waals surface area contributed by atoms with Gasteiger partial charge in [-0.25, -0.2) is 4.79 Å². The zero-order valence-electron chi connectivity index (χ0n) is 14.9. The molecule has 0 saturated carbocycles. The molecule has 1 N–H and O–H groups in total. The van der Waals surface area contributed by atoms with Crippen LogP contribution in [0.1, 0.15) is 90.4 Å². The van der Waals surface area contributed by atoms with Gasteiger partial charge in [-0.2, -0.15) is 0 Å². The van der Waals surface area contributed by atoms with Crippen molar-refractivity contribution >= 4 is 6.09 Å². The van der Waals surface area contributed by atoms with Gasteiger partial charge in [-0.3, -0.25) is 0 Å². The summed E-state index contributed by atoms with van der Waals surface area (Å²) >= 11 is 0. The molecule has 0 aromatic heterocycles. The van der Waals surface area contributed by atoms with Gasteiger partial charge >= 0.3 is 6.09 Å². The molecule has 23 heavy (non-hydrogen) atoms. The minimum Gasteiger partial charge on any atom is -0.441 e. The fourth-order valence-corrected chi connectivity index (χ4v) is 3.70. The van der Waals surface area contributed by atoms with Crippen LogP contribution in [0.3, 0.4) is 0 Å². The van der Waals surface area contributed by atoms with Crippen LogP contribution in [-0.4, -0.2) is 30.9 Å². The number of alkyl carbamates (subject to hydrolysis) is 1. The lowest BCUT2D eigenvalue weighted by molar-refractivity contribution is 0.0286. The van der Waals surface area contributed by atoms with Gasteiger partial charge < -0.3 is 14.8 Å². The van der Waals surface area contributed by atoms with E-state index in [2.05, 4.69) is 12.2 Å². The molecule has 134 valence electrons. The van der Waals surface area contributed by atoms with Crippen molar-refractivity contribution in [2.24, 2.45) is 0 Å². The Morgan fingerprint density at radius 3 is 2.09 bits per heavy atom. The molecule has 0 aromatic rings. The summed E-state index contributed by atoms with van der Waals surface area (Å²) in [5.41, 5.74) is 0. The molecule has 0 aromatic carbocycles. The average Bonchev–Trinajstić information content (AvgIpc) is 3.08. The van der Waals surface area contributed by atoms with E-state index in [1.165, 1.54) is 77.0 Å². The molecule has 2 aliphatic heterocycles. The Morgan fingerprint density at radius 2 is 1.48 bits per heavy atom. The van der Waals surface area contributed by atoms with E-state index in [0.717, 1.165) is 6.42 Å². The number of hydrogen-bond donors (Lipinski definition) is 1. The smallest absolute Gasteiger partial charge is 0.408 e. The van der Waals surface area contributed by atoms with Gasteiger partial charge in [0.05, 0.1) is 18.8 Å². The lowest BCUT2D eigenvalue weighted by Crippen LogP contribution is -2.32. The summed E-state index contributed by atoms with van der Waals surface area (Å²) in [6, 6.07) is 0.0878. The van der Waals surface area contributed by atoms with Gasteiger partial charge in [0.2, 0.25) is 0 Å². The number of carbonyl (C=O) groups excluding carboxylic acids is 1. The second-order valence-corrected chi connectivity index (χ2v) is 7.17. The number of carbonyl (C=O) groups is 1. The lowest BCUT2D eigenvalue weighted by atomic mass is 10.0. The van der Waals surface area contributed by atoms with E-state index in [-0.39, 0.29) is 24.3 Å². The predicted molar refractivity (Wildman–Crippen MR) is 92.6 cm³/mol. The van der Waals surface area contributed by atoms with Crippen molar-refractivity contribution in [1.29, 1.82) is 0 Å². The highest BCUT2D eigenvalue weighted by Gasteiger charge is 2.45. The highest BCUT2D eigenvalue weighted by molar-refractivity contribution is 5.70. The second kappa shape index (κ2) is 10.9. The molecule has 2 fully saturated rings. The average molecular weight is 325 g/mol. The summed E-state index contributed by atoms with van der Waals surface area (Å²) < 4.78 is 11.0. The molecule has 0 aliphatic carbocycles. The molecule has 1 amide bonds. The summed E-state index contributed by atoms with van der Waals surface area (Å²) in [6.07, 6.45) is 17.2. The largest absolute Gasteiger partial charge is 0.441 e. The fraction of sp³-hybridized carbons (Fsp3) is 0.947. The van der Waals surface area contributed by atoms with Crippen LogP contribution in [0.4, 0.5) is 4.79 Å². The Bertz CT molecular complexity index is 335. The SMILES string of the molecule is CCCCCCCCCCCCCC[C@H]1OC[C@@H]2NC(=O)O[C@@H]21. The van der Waals surface area contributed by atoms with E-state index in [0.29, 0.717) is 6.61 Å². The number of hydrogen-bond acceptors (Lipinski definition) is 3. The summed E-state index contributed by atoms with van der Waals surface area (Å²) in [6.45, 7) is 2.88. The van der Waals surface area contributed by atoms with Crippen LogP contribution in [-0.2, 0) is 9.47 Å². The maximum atomic E-state index is 11.2. The van der Waals surface area contributed by atoms with Crippen molar-refractivity contribution in [2.75, 3.05) is 6.61 Å². The van der Waals surface area contributed by atoms with Crippen molar-refractivity contribution in [1.82, 2.24) is 5.32 Å². The molecule has 2 heterocycles. The number of unbranched alkanes of at least 4 members (excludes halogenated alkanes) is 11. The van der Waals surface area contributed by atoms with E-state index in [1.54, 1.807) is 0 Å². The first-order chi connectivity index (χ1) is 11.3. The number of nitrogens with one attached hydrogen (secondary N) is 1. The van der Waals surface area contributed by atoms with Gasteiger partial charge in [0.1, 0.15) is 0 Å². The van der Waals surface area contributed by atoms with Crippen molar-refractivity contribution in [3.05, 3.63) is 0 Å². The summed E-state index contributed by atoms with van der Waals surface area (Å²) in [4.78, 5) is 11.2. The maximum absolute atomic E-state index is 11.2. The quantitative estimate of drug-likeness (QED) is 0.487. The Morgan fingerprint density at radius 1 is 0.913 bits per heavy atom. The Balaban J connectivity index is 1.35. The van der Waals surface area contributed by atoms with E-state index in [4.69, 9.17) is 9.47 Å². The van der Waals surface area contributed by atoms with Crippen molar-refractivity contribution in [3.8, 4) is 0 Å². The van der Waals surface area contributed by atoms with Gasteiger partial charge in [-0.15, -0.1) is 0 Å². The molecule has 0 radical (unpaired) electrons. The summed E-state index contributed by atoms with van der Waals surface area (Å²) in [5.74, 6) is 0. The highest BCUT2D eigenvalue weighted by Crippen LogP contribution is 2.26. The molecule has 0 unspecified atom stereocenters. The Labute approximate surface area is 141 Å². The monoisotopic (exact) mass is 325 g/mol. The molecule has 4 nitrogen and oxygen atoms in total. The third-order valence-corrected chi connectivity index (χ3v) is 5.14. The molecule has 2 aliphatic rings. The topological polar surface area (TPSA) is 47.6 Å². The molecule has 3 atom stereocenters. The van der Waals surface area contributed by atoms with Crippen molar-refractivity contribution < 1.29 is 14.3 Å². The molecule has 0 spiro atoms. The Hall–Kier alpha value is -0.770. The van der Waals surface area contributed by atoms with E-state index >= 15 is 0 Å². The fourth-order valence-electron chi connectivity index (χ4n) is 3.70. The summed E-state index contributed by atoms with van der Waals surface area (Å²) in [5, 5.41) is 2.81. The summed E-state index contributed by atoms with van der Waals surface area (Å²) in [7, 11) is 0. The van der Waals surface area contributed by atoms with Crippen molar-refractivity contribution in [3.63, 3.8) is 0 Å². The number of fused-ring (bicyclic) bond motifs is 1. The Kier molecular flexibility index (Phi) is 8.80. The van der Waals surface area contributed by atoms with E-state index in [9.17, 15) is 4.79 Å². The minimum atomic E-state index is -0.275. The molecular weight excluding hydrogens is 290 g/mol. The van der Waals surface area contributed by atoms with Crippen LogP contribution in [0.2, 0.25) is 0 Å². The van der Waals surface area contributed by atoms with Crippen LogP contribution in [0.15, 0.2) is 0 Å². The van der Waals surface area contributed by atoms with Gasteiger partial charge in [0, 0.05) is 0 Å².